The van der Waals surface area contributed by atoms with Crippen LogP contribution in [0.2, 0.25) is 0 Å². The summed E-state index contributed by atoms with van der Waals surface area (Å²) >= 11 is 1.82. The van der Waals surface area contributed by atoms with Gasteiger partial charge in [-0.05, 0) is 17.5 Å². The number of benzene rings is 1. The molecule has 0 saturated heterocycles. The number of hydrogen-bond donors (Lipinski definition) is 0. The summed E-state index contributed by atoms with van der Waals surface area (Å²) in [5.74, 6) is 2.61. The summed E-state index contributed by atoms with van der Waals surface area (Å²) in [5, 5.41) is 0. The highest BCUT2D eigenvalue weighted by Crippen LogP contribution is 2.23. The van der Waals surface area contributed by atoms with Gasteiger partial charge in [-0.2, -0.15) is 0 Å². The molecule has 0 amide bonds. The molecule has 0 saturated carbocycles. The highest BCUT2D eigenvalue weighted by atomic mass is 32.2. The molecule has 1 aromatic carbocycles. The van der Waals surface area contributed by atoms with Gasteiger partial charge in [0.1, 0.15) is 12.4 Å². The van der Waals surface area contributed by atoms with Crippen molar-refractivity contribution in [3.63, 3.8) is 0 Å². The molecule has 2 aromatic rings. The van der Waals surface area contributed by atoms with Crippen molar-refractivity contribution in [1.82, 2.24) is 4.98 Å². The van der Waals surface area contributed by atoms with Crippen LogP contribution in [0, 0.1) is 5.92 Å². The van der Waals surface area contributed by atoms with Gasteiger partial charge in [0, 0.05) is 16.8 Å². The fourth-order valence-electron chi connectivity index (χ4n) is 1.56. The zero-order valence-corrected chi connectivity index (χ0v) is 12.2. The van der Waals surface area contributed by atoms with E-state index in [1.807, 2.05) is 36.2 Å². The van der Waals surface area contributed by atoms with E-state index < -0.39 is 0 Å². The molecule has 0 atom stereocenters. The molecule has 1 heterocycles. The van der Waals surface area contributed by atoms with Gasteiger partial charge >= 0.3 is 0 Å². The zero-order chi connectivity index (χ0) is 13.5. The lowest BCUT2D eigenvalue weighted by atomic mass is 10.2. The number of nitrogens with zero attached hydrogens (tertiary/aromatic N) is 1. The molecule has 0 aliphatic carbocycles. The highest BCUT2D eigenvalue weighted by molar-refractivity contribution is 7.99. The van der Waals surface area contributed by atoms with E-state index in [2.05, 4.69) is 37.0 Å². The molecule has 0 unspecified atom stereocenters. The number of rotatable bonds is 6. The number of hydrogen-bond acceptors (Lipinski definition) is 3. The fraction of sp³-hybridized carbons (Fsp3) is 0.312. The monoisotopic (exact) mass is 273 g/mol. The molecule has 2 nitrogen and oxygen atoms in total. The van der Waals surface area contributed by atoms with Crippen molar-refractivity contribution in [3.8, 4) is 5.75 Å². The third-order valence-electron chi connectivity index (χ3n) is 2.52. The lowest BCUT2D eigenvalue weighted by Gasteiger charge is -2.08. The number of pyridine rings is 1. The van der Waals surface area contributed by atoms with Crippen LogP contribution in [0.3, 0.4) is 0 Å². The molecule has 0 fully saturated rings. The van der Waals surface area contributed by atoms with Crippen molar-refractivity contribution in [1.29, 1.82) is 0 Å². The summed E-state index contributed by atoms with van der Waals surface area (Å²) in [5.41, 5.74) is 1.17. The lowest BCUT2D eigenvalue weighted by molar-refractivity contribution is 0.304. The first-order valence-corrected chi connectivity index (χ1v) is 7.47. The predicted molar refractivity (Wildman–Crippen MR) is 80.6 cm³/mol. The van der Waals surface area contributed by atoms with Crippen LogP contribution in [-0.4, -0.2) is 10.7 Å². The first-order valence-electron chi connectivity index (χ1n) is 6.48. The Morgan fingerprint density at radius 1 is 1.16 bits per heavy atom. The Hall–Kier alpha value is -1.48. The maximum absolute atomic E-state index is 5.76. The van der Waals surface area contributed by atoms with Crippen molar-refractivity contribution >= 4 is 11.8 Å². The maximum atomic E-state index is 5.76. The molecule has 0 spiro atoms. The van der Waals surface area contributed by atoms with Crippen LogP contribution in [0.4, 0.5) is 0 Å². The molecule has 3 heteroatoms. The average molecular weight is 273 g/mol. The third kappa shape index (κ3) is 4.95. The minimum absolute atomic E-state index is 0.584. The lowest BCUT2D eigenvalue weighted by Crippen LogP contribution is -1.96. The second-order valence-electron chi connectivity index (χ2n) is 4.84. The van der Waals surface area contributed by atoms with Crippen LogP contribution in [0.25, 0.3) is 0 Å². The molecule has 100 valence electrons. The van der Waals surface area contributed by atoms with Crippen LogP contribution in [0.1, 0.15) is 19.4 Å². The summed E-state index contributed by atoms with van der Waals surface area (Å²) in [6, 6.07) is 12.2. The minimum atomic E-state index is 0.584. The summed E-state index contributed by atoms with van der Waals surface area (Å²) in [4.78, 5) is 5.40. The number of aromatic nitrogens is 1. The Kier molecular flexibility index (Phi) is 5.28. The molecule has 1 aromatic heterocycles. The van der Waals surface area contributed by atoms with Gasteiger partial charge < -0.3 is 4.74 Å². The summed E-state index contributed by atoms with van der Waals surface area (Å²) in [6.45, 7) is 5.02. The van der Waals surface area contributed by atoms with E-state index in [-0.39, 0.29) is 0 Å². The van der Waals surface area contributed by atoms with Crippen molar-refractivity contribution < 1.29 is 4.74 Å². The van der Waals surface area contributed by atoms with Crippen LogP contribution in [0.5, 0.6) is 5.75 Å². The standard InChI is InChI=1S/C16H19NOS/c1-13(2)12-19-16-8-15(9-17-10-16)18-11-14-6-4-3-5-7-14/h3-10,13H,11-12H2,1-2H3. The topological polar surface area (TPSA) is 22.1 Å². The SMILES string of the molecule is CC(C)CSc1cncc(OCc2ccccc2)c1. The first kappa shape index (κ1) is 13.9. The van der Waals surface area contributed by atoms with E-state index in [4.69, 9.17) is 4.74 Å². The van der Waals surface area contributed by atoms with Crippen LogP contribution in [-0.2, 0) is 6.61 Å². The van der Waals surface area contributed by atoms with E-state index in [0.29, 0.717) is 12.5 Å². The predicted octanol–water partition coefficient (Wildman–Crippen LogP) is 4.41. The van der Waals surface area contributed by atoms with Gasteiger partial charge in [0.2, 0.25) is 0 Å². The highest BCUT2D eigenvalue weighted by Gasteiger charge is 2.01. The van der Waals surface area contributed by atoms with E-state index in [9.17, 15) is 0 Å². The third-order valence-corrected chi connectivity index (χ3v) is 3.91. The molecular formula is C16H19NOS. The van der Waals surface area contributed by atoms with Crippen LogP contribution in [0.15, 0.2) is 53.7 Å². The Morgan fingerprint density at radius 3 is 2.68 bits per heavy atom. The largest absolute Gasteiger partial charge is 0.487 e. The smallest absolute Gasteiger partial charge is 0.139 e. The Balaban J connectivity index is 1.91. The molecular weight excluding hydrogens is 254 g/mol. The molecule has 0 radical (unpaired) electrons. The van der Waals surface area contributed by atoms with Gasteiger partial charge in [-0.1, -0.05) is 44.2 Å². The first-order chi connectivity index (χ1) is 9.24. The second-order valence-corrected chi connectivity index (χ2v) is 5.93. The molecule has 2 rings (SSSR count). The molecule has 0 N–H and O–H groups in total. The minimum Gasteiger partial charge on any atom is -0.487 e. The maximum Gasteiger partial charge on any atom is 0.139 e. The van der Waals surface area contributed by atoms with Crippen molar-refractivity contribution in [3.05, 3.63) is 54.4 Å². The quantitative estimate of drug-likeness (QED) is 0.728. The van der Waals surface area contributed by atoms with Crippen LogP contribution >= 0.6 is 11.8 Å². The Morgan fingerprint density at radius 2 is 1.95 bits per heavy atom. The summed E-state index contributed by atoms with van der Waals surface area (Å²) in [7, 11) is 0. The van der Waals surface area contributed by atoms with Gasteiger partial charge in [-0.15, -0.1) is 11.8 Å². The van der Waals surface area contributed by atoms with Crippen molar-refractivity contribution in [2.75, 3.05) is 5.75 Å². The van der Waals surface area contributed by atoms with Crippen molar-refractivity contribution in [2.24, 2.45) is 5.92 Å². The fourth-order valence-corrected chi connectivity index (χ4v) is 2.42. The van der Waals surface area contributed by atoms with E-state index >= 15 is 0 Å². The molecule has 19 heavy (non-hydrogen) atoms. The molecule has 0 bridgehead atoms. The summed E-state index contributed by atoms with van der Waals surface area (Å²) in [6.07, 6.45) is 3.66. The molecule has 0 aliphatic rings. The average Bonchev–Trinajstić information content (AvgIpc) is 2.44. The van der Waals surface area contributed by atoms with Gasteiger partial charge in [0.05, 0.1) is 6.20 Å². The van der Waals surface area contributed by atoms with Gasteiger partial charge in [-0.25, -0.2) is 0 Å². The second kappa shape index (κ2) is 7.19. The normalized spacial score (nSPS) is 10.7. The zero-order valence-electron chi connectivity index (χ0n) is 11.4. The van der Waals surface area contributed by atoms with Crippen LogP contribution < -0.4 is 4.74 Å². The van der Waals surface area contributed by atoms with E-state index in [1.54, 1.807) is 6.20 Å². The summed E-state index contributed by atoms with van der Waals surface area (Å²) < 4.78 is 5.76. The van der Waals surface area contributed by atoms with Gasteiger partial charge in [0.25, 0.3) is 0 Å². The van der Waals surface area contributed by atoms with E-state index in [0.717, 1.165) is 11.5 Å². The Bertz CT molecular complexity index is 499. The van der Waals surface area contributed by atoms with Gasteiger partial charge in [-0.3, -0.25) is 4.98 Å². The van der Waals surface area contributed by atoms with Crippen molar-refractivity contribution in [2.45, 2.75) is 25.3 Å². The number of thioether (sulfide) groups is 1. The molecule has 0 aliphatic heterocycles. The van der Waals surface area contributed by atoms with E-state index in [1.165, 1.54) is 10.5 Å². The Labute approximate surface area is 119 Å². The number of ether oxygens (including phenoxy) is 1. The van der Waals surface area contributed by atoms with Gasteiger partial charge in [0.15, 0.2) is 0 Å².